The third-order valence-electron chi connectivity index (χ3n) is 3.93. The van der Waals surface area contributed by atoms with Crippen molar-refractivity contribution >= 4 is 6.29 Å². The monoisotopic (exact) mass is 294 g/mol. The predicted molar refractivity (Wildman–Crippen MR) is 86.8 cm³/mol. The number of fused-ring (bicyclic) bond motifs is 1. The Morgan fingerprint density at radius 1 is 1.09 bits per heavy atom. The van der Waals surface area contributed by atoms with Gasteiger partial charge < -0.3 is 9.15 Å². The van der Waals surface area contributed by atoms with E-state index in [1.165, 1.54) is 0 Å². The van der Waals surface area contributed by atoms with Crippen molar-refractivity contribution in [3.63, 3.8) is 0 Å². The maximum Gasteiger partial charge on any atom is 0.150 e. The lowest BCUT2D eigenvalue weighted by atomic mass is 9.93. The van der Waals surface area contributed by atoms with E-state index in [0.29, 0.717) is 17.2 Å². The van der Waals surface area contributed by atoms with Crippen molar-refractivity contribution in [3.05, 3.63) is 53.8 Å². The summed E-state index contributed by atoms with van der Waals surface area (Å²) >= 11 is 0. The lowest BCUT2D eigenvalue weighted by molar-refractivity contribution is 0.112. The molecule has 0 saturated heterocycles. The number of methoxy groups -OCH3 is 1. The first kappa shape index (κ1) is 14.4. The number of carbonyl (C=O) groups is 1. The second-order valence-electron chi connectivity index (χ2n) is 5.60. The Hall–Kier alpha value is -2.55. The fourth-order valence-corrected chi connectivity index (χ4v) is 2.73. The average Bonchev–Trinajstić information content (AvgIpc) is 2.98. The second-order valence-corrected chi connectivity index (χ2v) is 5.60. The lowest BCUT2D eigenvalue weighted by Crippen LogP contribution is -1.95. The highest BCUT2D eigenvalue weighted by molar-refractivity contribution is 5.96. The Bertz CT molecular complexity index is 766. The van der Waals surface area contributed by atoms with E-state index in [4.69, 9.17) is 9.15 Å². The molecule has 0 spiro atoms. The van der Waals surface area contributed by atoms with Crippen LogP contribution in [0.5, 0.6) is 5.75 Å². The summed E-state index contributed by atoms with van der Waals surface area (Å²) in [5.74, 6) is 1.84. The van der Waals surface area contributed by atoms with Crippen LogP contribution in [0, 0.1) is 0 Å². The van der Waals surface area contributed by atoms with Gasteiger partial charge in [-0.3, -0.25) is 4.79 Å². The van der Waals surface area contributed by atoms with Crippen LogP contribution < -0.4 is 4.74 Å². The molecule has 1 aromatic rings. The van der Waals surface area contributed by atoms with Gasteiger partial charge in [0.25, 0.3) is 0 Å². The standard InChI is InChI=1S/C19H18O3/c1-12(2)17-11-22-19(13-4-7-15(21-3)8-5-13)18-14(10-20)6-9-16(17)18/h4-12H,1-3H3. The highest BCUT2D eigenvalue weighted by Crippen LogP contribution is 2.41. The number of aldehydes is 1. The second kappa shape index (κ2) is 5.68. The number of benzene rings is 1. The van der Waals surface area contributed by atoms with E-state index in [0.717, 1.165) is 34.3 Å². The quantitative estimate of drug-likeness (QED) is 0.636. The summed E-state index contributed by atoms with van der Waals surface area (Å²) in [5, 5.41) is 0. The first-order chi connectivity index (χ1) is 10.7. The zero-order chi connectivity index (χ0) is 15.7. The van der Waals surface area contributed by atoms with E-state index in [1.807, 2.05) is 36.4 Å². The van der Waals surface area contributed by atoms with Crippen LogP contribution in [0.3, 0.4) is 0 Å². The molecule has 1 heterocycles. The Labute approximate surface area is 129 Å². The minimum absolute atomic E-state index is 0.332. The molecule has 0 fully saturated rings. The molecule has 0 atom stereocenters. The van der Waals surface area contributed by atoms with Crippen LogP contribution in [0.25, 0.3) is 22.5 Å². The fourth-order valence-electron chi connectivity index (χ4n) is 2.73. The van der Waals surface area contributed by atoms with Gasteiger partial charge in [0.2, 0.25) is 0 Å². The minimum atomic E-state index is 0.332. The maximum absolute atomic E-state index is 11.4. The van der Waals surface area contributed by atoms with Crippen molar-refractivity contribution in [1.29, 1.82) is 0 Å². The number of carbonyl (C=O) groups excluding carboxylic acids is 1. The number of ether oxygens (including phenoxy) is 1. The van der Waals surface area contributed by atoms with Crippen molar-refractivity contribution in [1.82, 2.24) is 0 Å². The van der Waals surface area contributed by atoms with E-state index in [9.17, 15) is 4.79 Å². The zero-order valence-electron chi connectivity index (χ0n) is 12.9. The molecule has 22 heavy (non-hydrogen) atoms. The first-order valence-electron chi connectivity index (χ1n) is 7.29. The largest absolute Gasteiger partial charge is 0.497 e. The van der Waals surface area contributed by atoms with Gasteiger partial charge in [0.05, 0.1) is 13.4 Å². The molecule has 0 aromatic heterocycles. The van der Waals surface area contributed by atoms with Crippen molar-refractivity contribution < 1.29 is 13.9 Å². The molecule has 3 heteroatoms. The van der Waals surface area contributed by atoms with Crippen LogP contribution in [0.2, 0.25) is 0 Å². The molecule has 1 aliphatic carbocycles. The van der Waals surface area contributed by atoms with Gasteiger partial charge in [-0.1, -0.05) is 26.0 Å². The van der Waals surface area contributed by atoms with Gasteiger partial charge in [-0.2, -0.15) is 0 Å². The van der Waals surface area contributed by atoms with Gasteiger partial charge >= 0.3 is 0 Å². The topological polar surface area (TPSA) is 39.4 Å². The molecule has 0 N–H and O–H groups in total. The summed E-state index contributed by atoms with van der Waals surface area (Å²) < 4.78 is 11.1. The van der Waals surface area contributed by atoms with Gasteiger partial charge in [-0.15, -0.1) is 0 Å². The molecular weight excluding hydrogens is 276 g/mol. The van der Waals surface area contributed by atoms with E-state index in [2.05, 4.69) is 13.8 Å². The van der Waals surface area contributed by atoms with Crippen LogP contribution >= 0.6 is 0 Å². The normalized spacial score (nSPS) is 11.1. The Kier molecular flexibility index (Phi) is 3.72. The molecule has 0 amide bonds. The van der Waals surface area contributed by atoms with Crippen molar-refractivity contribution in [3.8, 4) is 28.2 Å². The van der Waals surface area contributed by atoms with E-state index in [-0.39, 0.29) is 0 Å². The Morgan fingerprint density at radius 3 is 2.41 bits per heavy atom. The molecule has 0 radical (unpaired) electrons. The van der Waals surface area contributed by atoms with Gasteiger partial charge in [0, 0.05) is 16.7 Å². The Balaban J connectivity index is 2.22. The lowest BCUT2D eigenvalue weighted by Gasteiger charge is -2.15. The van der Waals surface area contributed by atoms with Gasteiger partial charge in [0.15, 0.2) is 6.29 Å². The summed E-state index contributed by atoms with van der Waals surface area (Å²) in [6.45, 7) is 4.23. The summed E-state index contributed by atoms with van der Waals surface area (Å²) in [7, 11) is 1.64. The molecule has 112 valence electrons. The smallest absolute Gasteiger partial charge is 0.150 e. The van der Waals surface area contributed by atoms with E-state index in [1.54, 1.807) is 13.4 Å². The number of hydrogen-bond donors (Lipinski definition) is 0. The molecule has 0 saturated carbocycles. The molecule has 1 aromatic carbocycles. The number of hydrogen-bond acceptors (Lipinski definition) is 3. The average molecular weight is 294 g/mol. The highest BCUT2D eigenvalue weighted by atomic mass is 16.5. The van der Waals surface area contributed by atoms with E-state index < -0.39 is 0 Å². The molecule has 2 aliphatic rings. The van der Waals surface area contributed by atoms with Gasteiger partial charge in [-0.05, 0) is 41.3 Å². The van der Waals surface area contributed by atoms with Gasteiger partial charge in [0.1, 0.15) is 11.5 Å². The molecule has 0 bridgehead atoms. The summed E-state index contributed by atoms with van der Waals surface area (Å²) in [4.78, 5) is 11.4. The van der Waals surface area contributed by atoms with Crippen LogP contribution in [0.1, 0.15) is 35.7 Å². The predicted octanol–water partition coefficient (Wildman–Crippen LogP) is 5.00. The van der Waals surface area contributed by atoms with Crippen molar-refractivity contribution in [2.45, 2.75) is 19.8 Å². The van der Waals surface area contributed by atoms with Crippen LogP contribution in [-0.4, -0.2) is 13.4 Å². The van der Waals surface area contributed by atoms with E-state index >= 15 is 0 Å². The first-order valence-corrected chi connectivity index (χ1v) is 7.29. The molecule has 1 aliphatic heterocycles. The molecule has 3 nitrogen and oxygen atoms in total. The van der Waals surface area contributed by atoms with Crippen molar-refractivity contribution in [2.75, 3.05) is 7.11 Å². The number of rotatable bonds is 4. The molecular formula is C19H18O3. The minimum Gasteiger partial charge on any atom is -0.497 e. The summed E-state index contributed by atoms with van der Waals surface area (Å²) in [6, 6.07) is 11.5. The highest BCUT2D eigenvalue weighted by Gasteiger charge is 2.22. The fraction of sp³-hybridized carbons (Fsp3) is 0.211. The third-order valence-corrected chi connectivity index (χ3v) is 3.93. The zero-order valence-corrected chi connectivity index (χ0v) is 12.9. The Morgan fingerprint density at radius 2 is 1.82 bits per heavy atom. The molecule has 0 unspecified atom stereocenters. The van der Waals surface area contributed by atoms with Crippen LogP contribution in [-0.2, 0) is 0 Å². The summed E-state index contributed by atoms with van der Waals surface area (Å²) in [5.41, 5.74) is 4.66. The SMILES string of the molecule is COc1ccc(-c2occ(C(C)C)c3ccc(C=O)c2-3)cc1. The van der Waals surface area contributed by atoms with Gasteiger partial charge in [-0.25, -0.2) is 0 Å². The third kappa shape index (κ3) is 2.29. The van der Waals surface area contributed by atoms with Crippen LogP contribution in [0.15, 0.2) is 47.1 Å². The maximum atomic E-state index is 11.4. The molecule has 3 rings (SSSR count). The summed E-state index contributed by atoms with van der Waals surface area (Å²) in [6.07, 6.45) is 2.68. The van der Waals surface area contributed by atoms with Crippen molar-refractivity contribution in [2.24, 2.45) is 0 Å². The van der Waals surface area contributed by atoms with Crippen LogP contribution in [0.4, 0.5) is 0 Å².